The number of hydrogen-bond acceptors (Lipinski definition) is 5. The average molecular weight is 397 g/mol. The molecule has 0 atom stereocenters. The number of aromatic nitrogens is 2. The molecule has 0 unspecified atom stereocenters. The van der Waals surface area contributed by atoms with Crippen LogP contribution in [-0.2, 0) is 0 Å². The Kier molecular flexibility index (Phi) is 5.65. The second-order valence-corrected chi connectivity index (χ2v) is 8.06. The van der Waals surface area contributed by atoms with Gasteiger partial charge in [0.25, 0.3) is 5.91 Å². The molecule has 2 aliphatic heterocycles. The third kappa shape index (κ3) is 4.33. The van der Waals surface area contributed by atoms with Gasteiger partial charge in [-0.2, -0.15) is 0 Å². The lowest BCUT2D eigenvalue weighted by Crippen LogP contribution is -2.49. The highest BCUT2D eigenvalue weighted by Crippen LogP contribution is 2.23. The number of nitrogens with zero attached hydrogens (tertiary/aromatic N) is 5. The summed E-state index contributed by atoms with van der Waals surface area (Å²) in [6.07, 6.45) is 2.29. The Hall–Kier alpha value is -2.70. The number of amides is 1. The van der Waals surface area contributed by atoms with E-state index in [1.165, 1.54) is 6.07 Å². The summed E-state index contributed by atoms with van der Waals surface area (Å²) in [6.45, 7) is 8.35. The van der Waals surface area contributed by atoms with Crippen LogP contribution >= 0.6 is 0 Å². The molecule has 29 heavy (non-hydrogen) atoms. The molecule has 154 valence electrons. The van der Waals surface area contributed by atoms with Crippen LogP contribution in [0.5, 0.6) is 0 Å². The average Bonchev–Trinajstić information content (AvgIpc) is 2.74. The summed E-state index contributed by atoms with van der Waals surface area (Å²) in [5.74, 6) is 1.91. The van der Waals surface area contributed by atoms with Gasteiger partial charge >= 0.3 is 0 Å². The molecule has 0 radical (unpaired) electrons. The fourth-order valence-corrected chi connectivity index (χ4v) is 4.08. The van der Waals surface area contributed by atoms with Crippen LogP contribution < -0.4 is 9.80 Å². The first-order valence-corrected chi connectivity index (χ1v) is 10.4. The van der Waals surface area contributed by atoms with Crippen LogP contribution in [0.15, 0.2) is 30.3 Å². The smallest absolute Gasteiger partial charge is 0.272 e. The van der Waals surface area contributed by atoms with E-state index in [9.17, 15) is 9.18 Å². The number of para-hydroxylation sites is 1. The summed E-state index contributed by atoms with van der Waals surface area (Å²) in [7, 11) is 0. The lowest BCUT2D eigenvalue weighted by Gasteiger charge is -2.36. The maximum absolute atomic E-state index is 14.0. The van der Waals surface area contributed by atoms with Crippen molar-refractivity contribution >= 4 is 17.4 Å². The van der Waals surface area contributed by atoms with Crippen molar-refractivity contribution in [2.45, 2.75) is 26.7 Å². The van der Waals surface area contributed by atoms with E-state index >= 15 is 0 Å². The van der Waals surface area contributed by atoms with Crippen molar-refractivity contribution < 1.29 is 9.18 Å². The van der Waals surface area contributed by atoms with E-state index in [1.54, 1.807) is 17.0 Å². The summed E-state index contributed by atoms with van der Waals surface area (Å²) in [5, 5.41) is 0. The van der Waals surface area contributed by atoms with Gasteiger partial charge in [0.2, 0.25) is 0 Å². The maximum Gasteiger partial charge on any atom is 0.272 e. The van der Waals surface area contributed by atoms with Gasteiger partial charge < -0.3 is 14.7 Å². The molecule has 1 amide bonds. The molecule has 1 aromatic carbocycles. The van der Waals surface area contributed by atoms with Gasteiger partial charge in [-0.15, -0.1) is 0 Å². The normalized spacial score (nSPS) is 18.2. The van der Waals surface area contributed by atoms with E-state index in [1.807, 2.05) is 24.0 Å². The summed E-state index contributed by atoms with van der Waals surface area (Å²) < 4.78 is 14.0. The van der Waals surface area contributed by atoms with E-state index in [4.69, 9.17) is 0 Å². The summed E-state index contributed by atoms with van der Waals surface area (Å²) in [4.78, 5) is 28.1. The minimum Gasteiger partial charge on any atom is -0.366 e. The number of rotatable bonds is 3. The van der Waals surface area contributed by atoms with Crippen molar-refractivity contribution in [3.63, 3.8) is 0 Å². The number of anilines is 2. The number of aryl methyl sites for hydroxylation is 1. The topological polar surface area (TPSA) is 52.6 Å². The second kappa shape index (κ2) is 8.35. The number of carbonyl (C=O) groups excluding carboxylic acids is 1. The first-order valence-electron chi connectivity index (χ1n) is 10.4. The van der Waals surface area contributed by atoms with Crippen LogP contribution in [0.4, 0.5) is 15.9 Å². The summed E-state index contributed by atoms with van der Waals surface area (Å²) >= 11 is 0. The highest BCUT2D eigenvalue weighted by molar-refractivity contribution is 5.93. The highest BCUT2D eigenvalue weighted by Gasteiger charge is 2.26. The Morgan fingerprint density at radius 3 is 2.38 bits per heavy atom. The Balaban J connectivity index is 1.44. The van der Waals surface area contributed by atoms with E-state index in [-0.39, 0.29) is 11.7 Å². The Morgan fingerprint density at radius 1 is 1.00 bits per heavy atom. The molecule has 7 heteroatoms. The van der Waals surface area contributed by atoms with Gasteiger partial charge in [-0.3, -0.25) is 4.79 Å². The van der Waals surface area contributed by atoms with Gasteiger partial charge in [0.1, 0.15) is 23.2 Å². The lowest BCUT2D eigenvalue weighted by atomic mass is 9.99. The standard InChI is InChI=1S/C22H28FN5O/c1-16-7-9-27(10-8-16)21-15-19(24-17(2)25-21)22(29)28-13-11-26(12-14-28)20-6-4-3-5-18(20)23/h3-6,15-16H,7-14H2,1-2H3. The molecule has 2 aromatic rings. The molecular weight excluding hydrogens is 369 g/mol. The number of piperazine rings is 1. The van der Waals surface area contributed by atoms with Crippen LogP contribution in [0.3, 0.4) is 0 Å². The van der Waals surface area contributed by atoms with Crippen molar-refractivity contribution in [3.8, 4) is 0 Å². The molecule has 0 saturated carbocycles. The third-order valence-corrected chi connectivity index (χ3v) is 5.91. The van der Waals surface area contributed by atoms with Crippen molar-refractivity contribution in [1.29, 1.82) is 0 Å². The maximum atomic E-state index is 14.0. The minimum atomic E-state index is -0.223. The Labute approximate surface area is 171 Å². The van der Waals surface area contributed by atoms with E-state index < -0.39 is 0 Å². The highest BCUT2D eigenvalue weighted by atomic mass is 19.1. The van der Waals surface area contributed by atoms with Crippen LogP contribution in [0, 0.1) is 18.7 Å². The molecule has 1 aromatic heterocycles. The molecule has 3 heterocycles. The van der Waals surface area contributed by atoms with Crippen molar-refractivity contribution in [1.82, 2.24) is 14.9 Å². The monoisotopic (exact) mass is 397 g/mol. The molecule has 4 rings (SSSR count). The quantitative estimate of drug-likeness (QED) is 0.797. The van der Waals surface area contributed by atoms with Crippen molar-refractivity contribution in [2.75, 3.05) is 49.1 Å². The minimum absolute atomic E-state index is 0.0738. The summed E-state index contributed by atoms with van der Waals surface area (Å²) in [5.41, 5.74) is 1.05. The van der Waals surface area contributed by atoms with Crippen LogP contribution in [0.2, 0.25) is 0 Å². The number of hydrogen-bond donors (Lipinski definition) is 0. The molecule has 0 spiro atoms. The van der Waals surface area contributed by atoms with Crippen LogP contribution in [0.1, 0.15) is 36.1 Å². The summed E-state index contributed by atoms with van der Waals surface area (Å²) in [6, 6.07) is 8.61. The Bertz CT molecular complexity index is 873. The third-order valence-electron chi connectivity index (χ3n) is 5.91. The van der Waals surface area contributed by atoms with Crippen LogP contribution in [0.25, 0.3) is 0 Å². The molecule has 2 fully saturated rings. The Morgan fingerprint density at radius 2 is 1.69 bits per heavy atom. The van der Waals surface area contributed by atoms with E-state index in [0.29, 0.717) is 43.4 Å². The molecule has 6 nitrogen and oxygen atoms in total. The van der Waals surface area contributed by atoms with Gasteiger partial charge in [-0.1, -0.05) is 19.1 Å². The zero-order chi connectivity index (χ0) is 20.4. The number of carbonyl (C=O) groups is 1. The lowest BCUT2D eigenvalue weighted by molar-refractivity contribution is 0.0740. The van der Waals surface area contributed by atoms with E-state index in [0.717, 1.165) is 37.7 Å². The first-order chi connectivity index (χ1) is 14.0. The second-order valence-electron chi connectivity index (χ2n) is 8.06. The molecule has 0 bridgehead atoms. The molecule has 2 saturated heterocycles. The fourth-order valence-electron chi connectivity index (χ4n) is 4.08. The fraction of sp³-hybridized carbons (Fsp3) is 0.500. The largest absolute Gasteiger partial charge is 0.366 e. The predicted octanol–water partition coefficient (Wildman–Crippen LogP) is 3.12. The zero-order valence-electron chi connectivity index (χ0n) is 17.1. The molecule has 0 aliphatic carbocycles. The van der Waals surface area contributed by atoms with Gasteiger partial charge in [-0.25, -0.2) is 14.4 Å². The zero-order valence-corrected chi connectivity index (χ0v) is 17.1. The van der Waals surface area contributed by atoms with Gasteiger partial charge in [0.05, 0.1) is 5.69 Å². The van der Waals surface area contributed by atoms with E-state index in [2.05, 4.69) is 21.8 Å². The molecule has 0 N–H and O–H groups in total. The predicted molar refractivity (Wildman–Crippen MR) is 112 cm³/mol. The molecule has 2 aliphatic rings. The first kappa shape index (κ1) is 19.6. The van der Waals surface area contributed by atoms with Crippen LogP contribution in [-0.4, -0.2) is 60.0 Å². The van der Waals surface area contributed by atoms with Crippen molar-refractivity contribution in [3.05, 3.63) is 47.7 Å². The van der Waals surface area contributed by atoms with Gasteiger partial charge in [0, 0.05) is 45.3 Å². The van der Waals surface area contributed by atoms with Gasteiger partial charge in [-0.05, 0) is 37.8 Å². The number of halogens is 1. The SMILES string of the molecule is Cc1nc(C(=O)N2CCN(c3ccccc3F)CC2)cc(N2CCC(C)CC2)n1. The van der Waals surface area contributed by atoms with Crippen molar-refractivity contribution in [2.24, 2.45) is 5.92 Å². The molecular formula is C22H28FN5O. The number of benzene rings is 1. The number of piperidine rings is 1. The van der Waals surface area contributed by atoms with Gasteiger partial charge in [0.15, 0.2) is 0 Å².